The molecule has 1 aliphatic heterocycles. The third-order valence-electron chi connectivity index (χ3n) is 5.73. The Kier molecular flexibility index (Phi) is 8.39. The molecule has 11 heteroatoms. The number of allylic oxidation sites excluding steroid dienone is 1. The minimum Gasteiger partial charge on any atom is -0.496 e. The summed E-state index contributed by atoms with van der Waals surface area (Å²) in [4.78, 5) is 43.1. The minimum absolute atomic E-state index is 0.0589. The van der Waals surface area contributed by atoms with Gasteiger partial charge in [-0.3, -0.25) is 14.2 Å². The number of nitrogens with zero attached hydrogens (tertiary/aromatic N) is 2. The Labute approximate surface area is 222 Å². The lowest BCUT2D eigenvalue weighted by molar-refractivity contribution is -0.140. The second-order valence-electron chi connectivity index (χ2n) is 8.28. The van der Waals surface area contributed by atoms with E-state index < -0.39 is 17.9 Å². The fourth-order valence-corrected chi connectivity index (χ4v) is 5.11. The monoisotopic (exact) mass is 537 g/mol. The van der Waals surface area contributed by atoms with Crippen molar-refractivity contribution in [2.45, 2.75) is 13.0 Å². The van der Waals surface area contributed by atoms with Gasteiger partial charge in [-0.2, -0.15) is 0 Å². The second kappa shape index (κ2) is 11.9. The lowest BCUT2D eigenvalue weighted by Crippen LogP contribution is -2.40. The summed E-state index contributed by atoms with van der Waals surface area (Å²) in [6.45, 7) is 1.75. The Morgan fingerprint density at radius 2 is 1.92 bits per heavy atom. The molecule has 1 atom stereocenters. The van der Waals surface area contributed by atoms with E-state index in [1.807, 2.05) is 12.1 Å². The van der Waals surface area contributed by atoms with Crippen molar-refractivity contribution in [1.82, 2.24) is 4.57 Å². The maximum absolute atomic E-state index is 13.8. The number of hydrogen-bond donors (Lipinski definition) is 1. The lowest BCUT2D eigenvalue weighted by atomic mass is 9.95. The van der Waals surface area contributed by atoms with Crippen LogP contribution in [0.25, 0.3) is 6.08 Å². The summed E-state index contributed by atoms with van der Waals surface area (Å²) >= 11 is 1.20. The highest BCUT2D eigenvalue weighted by Gasteiger charge is 2.35. The molecule has 1 aliphatic rings. The number of carbonyl (C=O) groups excluding carboxylic acids is 2. The number of amides is 1. The van der Waals surface area contributed by atoms with Gasteiger partial charge in [0.1, 0.15) is 24.1 Å². The van der Waals surface area contributed by atoms with E-state index in [-0.39, 0.29) is 31.0 Å². The van der Waals surface area contributed by atoms with Gasteiger partial charge in [0, 0.05) is 12.7 Å². The van der Waals surface area contributed by atoms with Gasteiger partial charge in [-0.1, -0.05) is 41.7 Å². The van der Waals surface area contributed by atoms with E-state index in [1.54, 1.807) is 49.4 Å². The van der Waals surface area contributed by atoms with Crippen molar-refractivity contribution >= 4 is 29.3 Å². The number of para-hydroxylation sites is 1. The molecule has 38 heavy (non-hydrogen) atoms. The van der Waals surface area contributed by atoms with Gasteiger partial charge < -0.3 is 24.7 Å². The zero-order valence-electron chi connectivity index (χ0n) is 21.1. The van der Waals surface area contributed by atoms with E-state index in [1.165, 1.54) is 30.1 Å². The molecule has 4 rings (SSSR count). The fourth-order valence-electron chi connectivity index (χ4n) is 4.06. The van der Waals surface area contributed by atoms with Crippen molar-refractivity contribution in [2.24, 2.45) is 10.7 Å². The van der Waals surface area contributed by atoms with Gasteiger partial charge >= 0.3 is 5.97 Å². The molecule has 1 unspecified atom stereocenters. The van der Waals surface area contributed by atoms with Crippen LogP contribution in [0.2, 0.25) is 0 Å². The summed E-state index contributed by atoms with van der Waals surface area (Å²) in [7, 11) is 3.05. The molecular weight excluding hydrogens is 510 g/mol. The standard InChI is InChI=1S/C27H27N3O7S/c1-16-23(26(33)36-12-11-34-2)24(19-9-4-5-10-20(19)35-3)30-25(32)21(38-27(30)29-16)14-17-7-6-8-18(13-17)37-15-22(28)31/h4-10,13-14,24H,11-12,15H2,1-3H3,(H2,28,31). The van der Waals surface area contributed by atoms with Gasteiger partial charge in [-0.05, 0) is 36.8 Å². The Morgan fingerprint density at radius 1 is 1.13 bits per heavy atom. The smallest absolute Gasteiger partial charge is 0.338 e. The first-order valence-corrected chi connectivity index (χ1v) is 12.5. The largest absolute Gasteiger partial charge is 0.496 e. The molecule has 2 heterocycles. The van der Waals surface area contributed by atoms with Crippen LogP contribution >= 0.6 is 11.3 Å². The predicted octanol–water partition coefficient (Wildman–Crippen LogP) is 1.30. The molecule has 10 nitrogen and oxygen atoms in total. The number of nitrogens with two attached hydrogens (primary N) is 1. The van der Waals surface area contributed by atoms with Crippen LogP contribution in [0.3, 0.4) is 0 Å². The summed E-state index contributed by atoms with van der Waals surface area (Å²) in [5.41, 5.74) is 6.82. The van der Waals surface area contributed by atoms with Crippen LogP contribution in [0.15, 0.2) is 69.6 Å². The highest BCUT2D eigenvalue weighted by molar-refractivity contribution is 7.07. The van der Waals surface area contributed by atoms with Crippen molar-refractivity contribution < 1.29 is 28.5 Å². The van der Waals surface area contributed by atoms with Crippen molar-refractivity contribution in [2.75, 3.05) is 34.0 Å². The number of aromatic nitrogens is 1. The summed E-state index contributed by atoms with van der Waals surface area (Å²) in [6, 6.07) is 13.3. The Morgan fingerprint density at radius 3 is 2.66 bits per heavy atom. The van der Waals surface area contributed by atoms with Crippen LogP contribution in [0, 0.1) is 0 Å². The number of methoxy groups -OCH3 is 2. The SMILES string of the molecule is COCCOC(=O)C1=C(C)N=c2sc(=Cc3cccc(OCC(N)=O)c3)c(=O)n2C1c1ccccc1OC. The quantitative estimate of drug-likeness (QED) is 0.305. The van der Waals surface area contributed by atoms with Crippen molar-refractivity contribution in [3.8, 4) is 11.5 Å². The van der Waals surface area contributed by atoms with E-state index in [9.17, 15) is 14.4 Å². The van der Waals surface area contributed by atoms with E-state index in [4.69, 9.17) is 24.7 Å². The van der Waals surface area contributed by atoms with Crippen LogP contribution in [0.5, 0.6) is 11.5 Å². The number of primary amides is 1. The van der Waals surface area contributed by atoms with Gasteiger partial charge in [-0.15, -0.1) is 0 Å². The zero-order chi connectivity index (χ0) is 27.2. The maximum Gasteiger partial charge on any atom is 0.338 e. The van der Waals surface area contributed by atoms with Crippen LogP contribution < -0.4 is 30.1 Å². The van der Waals surface area contributed by atoms with Crippen LogP contribution in [0.4, 0.5) is 0 Å². The summed E-state index contributed by atoms with van der Waals surface area (Å²) in [6.07, 6.45) is 1.70. The lowest BCUT2D eigenvalue weighted by Gasteiger charge is -2.26. The number of esters is 1. The normalized spacial score (nSPS) is 15.0. The van der Waals surface area contributed by atoms with Crippen molar-refractivity contribution in [1.29, 1.82) is 0 Å². The molecule has 0 aliphatic carbocycles. The minimum atomic E-state index is -0.815. The molecule has 0 bridgehead atoms. The molecule has 2 aromatic carbocycles. The number of carbonyl (C=O) groups is 2. The molecule has 2 N–H and O–H groups in total. The first-order chi connectivity index (χ1) is 18.3. The maximum atomic E-state index is 13.8. The number of benzene rings is 2. The first-order valence-electron chi connectivity index (χ1n) is 11.7. The second-order valence-corrected chi connectivity index (χ2v) is 9.29. The van der Waals surface area contributed by atoms with Gasteiger partial charge in [0.25, 0.3) is 11.5 Å². The molecule has 1 aromatic heterocycles. The Balaban J connectivity index is 1.85. The molecule has 0 spiro atoms. The van der Waals surface area contributed by atoms with E-state index in [0.717, 1.165) is 0 Å². The summed E-state index contributed by atoms with van der Waals surface area (Å²) in [5, 5.41) is 0. The summed E-state index contributed by atoms with van der Waals surface area (Å²) in [5.74, 6) is -0.225. The molecule has 0 saturated carbocycles. The molecule has 198 valence electrons. The van der Waals surface area contributed by atoms with Crippen LogP contribution in [0.1, 0.15) is 24.1 Å². The number of thiazole rings is 1. The molecular formula is C27H27N3O7S. The third kappa shape index (κ3) is 5.68. The van der Waals surface area contributed by atoms with Crippen molar-refractivity contribution in [3.05, 3.63) is 90.6 Å². The van der Waals surface area contributed by atoms with E-state index >= 15 is 0 Å². The zero-order valence-corrected chi connectivity index (χ0v) is 21.9. The number of rotatable bonds is 10. The molecule has 3 aromatic rings. The average Bonchev–Trinajstić information content (AvgIpc) is 3.21. The predicted molar refractivity (Wildman–Crippen MR) is 141 cm³/mol. The van der Waals surface area contributed by atoms with E-state index in [0.29, 0.717) is 37.7 Å². The molecule has 0 radical (unpaired) electrons. The van der Waals surface area contributed by atoms with Gasteiger partial charge in [0.15, 0.2) is 11.4 Å². The van der Waals surface area contributed by atoms with Crippen molar-refractivity contribution in [3.63, 3.8) is 0 Å². The highest BCUT2D eigenvalue weighted by Crippen LogP contribution is 2.35. The van der Waals surface area contributed by atoms with E-state index in [2.05, 4.69) is 4.99 Å². The first kappa shape index (κ1) is 26.8. The average molecular weight is 538 g/mol. The Hall–Kier alpha value is -4.22. The highest BCUT2D eigenvalue weighted by atomic mass is 32.1. The van der Waals surface area contributed by atoms with Crippen LogP contribution in [-0.4, -0.2) is 50.5 Å². The molecule has 1 amide bonds. The van der Waals surface area contributed by atoms with Gasteiger partial charge in [0.05, 0.1) is 29.5 Å². The van der Waals surface area contributed by atoms with Gasteiger partial charge in [0.2, 0.25) is 0 Å². The molecule has 0 fully saturated rings. The fraction of sp³-hybridized carbons (Fsp3) is 0.259. The molecule has 0 saturated heterocycles. The van der Waals surface area contributed by atoms with Crippen LogP contribution in [-0.2, 0) is 19.1 Å². The topological polar surface area (TPSA) is 131 Å². The number of ether oxygens (including phenoxy) is 4. The van der Waals surface area contributed by atoms with Gasteiger partial charge in [-0.25, -0.2) is 9.79 Å². The third-order valence-corrected chi connectivity index (χ3v) is 6.72. The Bertz CT molecular complexity index is 1570. The number of hydrogen-bond acceptors (Lipinski definition) is 9. The number of fused-ring (bicyclic) bond motifs is 1. The summed E-state index contributed by atoms with van der Waals surface area (Å²) < 4.78 is 23.3.